The number of ether oxygens (including phenoxy) is 1. The van der Waals surface area contributed by atoms with Gasteiger partial charge in [0.2, 0.25) is 0 Å². The predicted octanol–water partition coefficient (Wildman–Crippen LogP) is 1.16. The van der Waals surface area contributed by atoms with E-state index < -0.39 is 4.92 Å². The molecule has 0 saturated carbocycles. The summed E-state index contributed by atoms with van der Waals surface area (Å²) in [6.45, 7) is 5.02. The molecule has 1 heterocycles. The molecule has 16 heavy (non-hydrogen) atoms. The monoisotopic (exact) mass is 227 g/mol. The van der Waals surface area contributed by atoms with Crippen LogP contribution in [0.2, 0.25) is 0 Å². The van der Waals surface area contributed by atoms with Crippen molar-refractivity contribution >= 4 is 6.21 Å². The first kappa shape index (κ1) is 12.6. The van der Waals surface area contributed by atoms with Crippen LogP contribution < -0.4 is 5.32 Å². The molecule has 0 aromatic carbocycles. The Kier molecular flexibility index (Phi) is 4.42. The third-order valence-electron chi connectivity index (χ3n) is 2.76. The molecule has 1 aliphatic rings. The highest BCUT2D eigenvalue weighted by Gasteiger charge is 2.23. The zero-order chi connectivity index (χ0) is 12.1. The van der Waals surface area contributed by atoms with Gasteiger partial charge in [0.25, 0.3) is 0 Å². The van der Waals surface area contributed by atoms with E-state index in [1.54, 1.807) is 6.92 Å². The molecule has 0 aromatic heterocycles. The minimum absolute atomic E-state index is 0.182. The molecule has 1 aliphatic heterocycles. The maximum atomic E-state index is 10.6. The number of hydrogen-bond donors (Lipinski definition) is 2. The van der Waals surface area contributed by atoms with Crippen LogP contribution in [0, 0.1) is 21.4 Å². The van der Waals surface area contributed by atoms with Crippen LogP contribution in [0.15, 0.2) is 11.4 Å². The van der Waals surface area contributed by atoms with Gasteiger partial charge in [-0.1, -0.05) is 6.92 Å². The van der Waals surface area contributed by atoms with Gasteiger partial charge in [-0.25, -0.2) is 0 Å². The minimum Gasteiger partial charge on any atom is -0.381 e. The molecule has 2 N–H and O–H groups in total. The Hall–Kier alpha value is -1.43. The van der Waals surface area contributed by atoms with Crippen LogP contribution in [0.4, 0.5) is 0 Å². The van der Waals surface area contributed by atoms with Gasteiger partial charge < -0.3 is 15.5 Å². The lowest BCUT2D eigenvalue weighted by Gasteiger charge is -2.30. The Morgan fingerprint density at radius 1 is 1.69 bits per heavy atom. The van der Waals surface area contributed by atoms with Crippen molar-refractivity contribution in [2.24, 2.45) is 5.92 Å². The number of nitro groups is 1. The summed E-state index contributed by atoms with van der Waals surface area (Å²) >= 11 is 0. The molecule has 0 radical (unpaired) electrons. The second-order valence-electron chi connectivity index (χ2n) is 4.00. The average Bonchev–Trinajstić information content (AvgIpc) is 2.22. The number of allylic oxidation sites excluding steroid dienone is 2. The zero-order valence-electron chi connectivity index (χ0n) is 9.53. The second-order valence-corrected chi connectivity index (χ2v) is 4.00. The van der Waals surface area contributed by atoms with E-state index in [9.17, 15) is 10.1 Å². The van der Waals surface area contributed by atoms with Crippen LogP contribution in [-0.2, 0) is 4.74 Å². The third-order valence-corrected chi connectivity index (χ3v) is 2.76. The van der Waals surface area contributed by atoms with Gasteiger partial charge in [-0.15, -0.1) is 0 Å². The molecule has 1 saturated heterocycles. The average molecular weight is 227 g/mol. The first-order chi connectivity index (χ1) is 7.56. The summed E-state index contributed by atoms with van der Waals surface area (Å²) in [4.78, 5) is 10.1. The molecule has 6 nitrogen and oxygen atoms in total. The highest BCUT2D eigenvalue weighted by Crippen LogP contribution is 2.15. The Morgan fingerprint density at radius 2 is 2.38 bits per heavy atom. The molecule has 90 valence electrons. The summed E-state index contributed by atoms with van der Waals surface area (Å²) in [5.41, 5.74) is 0.262. The summed E-state index contributed by atoms with van der Waals surface area (Å²) in [6.07, 6.45) is 1.60. The maximum Gasteiger partial charge on any atom is 0.305 e. The molecule has 2 atom stereocenters. The fourth-order valence-electron chi connectivity index (χ4n) is 1.74. The predicted molar refractivity (Wildman–Crippen MR) is 60.0 cm³/mol. The number of nitrogens with zero attached hydrogens (tertiary/aromatic N) is 1. The topological polar surface area (TPSA) is 88.2 Å². The summed E-state index contributed by atoms with van der Waals surface area (Å²) in [5, 5.41) is 20.7. The summed E-state index contributed by atoms with van der Waals surface area (Å²) in [6, 6.07) is 0.184. The standard InChI is InChI=1S/C10H17N3O3/c1-7-6-16-4-3-9(7)12-8(2)10(5-11)13(14)15/h5,7,9,11-12H,3-4,6H2,1-2H3/b10-8+,11-5?. The summed E-state index contributed by atoms with van der Waals surface area (Å²) < 4.78 is 5.29. The van der Waals surface area contributed by atoms with Crippen molar-refractivity contribution < 1.29 is 9.66 Å². The van der Waals surface area contributed by atoms with Gasteiger partial charge in [0.1, 0.15) is 0 Å². The Bertz CT molecular complexity index is 314. The lowest BCUT2D eigenvalue weighted by atomic mass is 9.97. The molecule has 1 rings (SSSR count). The normalized spacial score (nSPS) is 26.9. The molecule has 0 aliphatic carbocycles. The van der Waals surface area contributed by atoms with Crippen LogP contribution in [0.3, 0.4) is 0 Å². The number of rotatable bonds is 4. The van der Waals surface area contributed by atoms with Crippen molar-refractivity contribution in [2.75, 3.05) is 13.2 Å². The van der Waals surface area contributed by atoms with E-state index in [0.29, 0.717) is 24.8 Å². The third kappa shape index (κ3) is 3.03. The fraction of sp³-hybridized carbons (Fsp3) is 0.700. The minimum atomic E-state index is -0.542. The number of hydrogen-bond acceptors (Lipinski definition) is 5. The molecular formula is C10H17N3O3. The Morgan fingerprint density at radius 3 is 2.88 bits per heavy atom. The van der Waals surface area contributed by atoms with Gasteiger partial charge in [-0.2, -0.15) is 0 Å². The van der Waals surface area contributed by atoms with Crippen molar-refractivity contribution in [1.29, 1.82) is 5.41 Å². The van der Waals surface area contributed by atoms with Crippen LogP contribution in [0.5, 0.6) is 0 Å². The first-order valence-electron chi connectivity index (χ1n) is 5.26. The van der Waals surface area contributed by atoms with Crippen LogP contribution in [0.25, 0.3) is 0 Å². The van der Waals surface area contributed by atoms with Crippen molar-refractivity contribution in [2.45, 2.75) is 26.3 Å². The highest BCUT2D eigenvalue weighted by molar-refractivity contribution is 5.73. The molecular weight excluding hydrogens is 210 g/mol. The van der Waals surface area contributed by atoms with Crippen molar-refractivity contribution in [1.82, 2.24) is 5.32 Å². The Labute approximate surface area is 94.3 Å². The first-order valence-corrected chi connectivity index (χ1v) is 5.26. The smallest absolute Gasteiger partial charge is 0.305 e. The van der Waals surface area contributed by atoms with Gasteiger partial charge in [0.05, 0.1) is 23.4 Å². The van der Waals surface area contributed by atoms with E-state index in [-0.39, 0.29) is 11.7 Å². The molecule has 0 aromatic rings. The van der Waals surface area contributed by atoms with Gasteiger partial charge in [-0.3, -0.25) is 10.1 Å². The van der Waals surface area contributed by atoms with Crippen molar-refractivity contribution in [3.8, 4) is 0 Å². The summed E-state index contributed by atoms with van der Waals surface area (Å²) in [5.74, 6) is 0.322. The van der Waals surface area contributed by atoms with Gasteiger partial charge in [-0.05, 0) is 19.3 Å². The van der Waals surface area contributed by atoms with Crippen LogP contribution >= 0.6 is 0 Å². The van der Waals surface area contributed by atoms with E-state index >= 15 is 0 Å². The van der Waals surface area contributed by atoms with Crippen LogP contribution in [-0.4, -0.2) is 30.4 Å². The molecule has 0 bridgehead atoms. The fourth-order valence-corrected chi connectivity index (χ4v) is 1.74. The van der Waals surface area contributed by atoms with Crippen LogP contribution in [0.1, 0.15) is 20.3 Å². The molecule has 0 amide bonds. The SMILES string of the molecule is C/C(NC1CCOCC1C)=C(/C=N)[N+](=O)[O-]. The molecule has 2 unspecified atom stereocenters. The Balaban J connectivity index is 2.71. The largest absolute Gasteiger partial charge is 0.381 e. The zero-order valence-corrected chi connectivity index (χ0v) is 9.53. The van der Waals surface area contributed by atoms with E-state index in [1.165, 1.54) is 0 Å². The maximum absolute atomic E-state index is 10.6. The van der Waals surface area contributed by atoms with Gasteiger partial charge in [0, 0.05) is 12.6 Å². The van der Waals surface area contributed by atoms with Gasteiger partial charge in [0.15, 0.2) is 0 Å². The van der Waals surface area contributed by atoms with Gasteiger partial charge >= 0.3 is 5.70 Å². The van der Waals surface area contributed by atoms with Crippen molar-refractivity contribution in [3.05, 3.63) is 21.5 Å². The van der Waals surface area contributed by atoms with E-state index in [2.05, 4.69) is 5.32 Å². The highest BCUT2D eigenvalue weighted by atomic mass is 16.6. The second kappa shape index (κ2) is 5.60. The molecule has 0 spiro atoms. The lowest BCUT2D eigenvalue weighted by molar-refractivity contribution is -0.415. The lowest BCUT2D eigenvalue weighted by Crippen LogP contribution is -2.41. The summed E-state index contributed by atoms with van der Waals surface area (Å²) in [7, 11) is 0. The molecule has 6 heteroatoms. The van der Waals surface area contributed by atoms with E-state index in [1.807, 2.05) is 6.92 Å². The van der Waals surface area contributed by atoms with E-state index in [0.717, 1.165) is 12.6 Å². The quantitative estimate of drug-likeness (QED) is 0.428. The molecule has 1 fully saturated rings. The van der Waals surface area contributed by atoms with E-state index in [4.69, 9.17) is 10.1 Å². The van der Waals surface area contributed by atoms with Crippen molar-refractivity contribution in [3.63, 3.8) is 0 Å². The number of nitrogens with one attached hydrogen (secondary N) is 2.